The molecule has 0 aromatic heterocycles. The van der Waals surface area contributed by atoms with Crippen molar-refractivity contribution < 1.29 is 9.59 Å². The predicted molar refractivity (Wildman–Crippen MR) is 139 cm³/mol. The summed E-state index contributed by atoms with van der Waals surface area (Å²) in [6, 6.07) is 7.69. The number of carbonyl (C=O) groups excluding carboxylic acids is 2. The van der Waals surface area contributed by atoms with E-state index in [9.17, 15) is 9.59 Å². The summed E-state index contributed by atoms with van der Waals surface area (Å²) in [5, 5.41) is 4.06. The molecule has 182 valence electrons. The maximum absolute atomic E-state index is 13.4. The molecule has 0 radical (unpaired) electrons. The van der Waals surface area contributed by atoms with Crippen LogP contribution in [0.1, 0.15) is 64.4 Å². The molecule has 2 fully saturated rings. The van der Waals surface area contributed by atoms with Gasteiger partial charge in [-0.15, -0.1) is 11.8 Å². The molecule has 1 aromatic carbocycles. The lowest BCUT2D eigenvalue weighted by Crippen LogP contribution is -2.54. The van der Waals surface area contributed by atoms with Crippen LogP contribution in [-0.2, 0) is 9.59 Å². The Bertz CT molecular complexity index is 826. The molecule has 2 unspecified atom stereocenters. The molecular formula is C26H38ClN3O2S. The van der Waals surface area contributed by atoms with Crippen LogP contribution in [0.4, 0.5) is 0 Å². The second kappa shape index (κ2) is 13.4. The zero-order valence-electron chi connectivity index (χ0n) is 20.0. The number of hydrogen-bond donors (Lipinski definition) is 1. The smallest absolute Gasteiger partial charge is 0.261 e. The summed E-state index contributed by atoms with van der Waals surface area (Å²) in [5.74, 6) is -0.0884. The number of nitrogens with one attached hydrogen (secondary N) is 1. The Hall–Kier alpha value is -1.50. The van der Waals surface area contributed by atoms with Crippen molar-refractivity contribution in [3.63, 3.8) is 0 Å². The quantitative estimate of drug-likeness (QED) is 0.341. The molecule has 1 aliphatic heterocycles. The van der Waals surface area contributed by atoms with Gasteiger partial charge in [-0.25, -0.2) is 0 Å². The predicted octanol–water partition coefficient (Wildman–Crippen LogP) is 5.20. The summed E-state index contributed by atoms with van der Waals surface area (Å²) in [6.45, 7) is 8.40. The van der Waals surface area contributed by atoms with Crippen LogP contribution < -0.4 is 5.32 Å². The van der Waals surface area contributed by atoms with E-state index < -0.39 is 0 Å². The maximum atomic E-state index is 13.4. The number of nitrogens with zero attached hydrogens (tertiary/aromatic N) is 2. The second-order valence-corrected chi connectivity index (χ2v) is 10.8. The van der Waals surface area contributed by atoms with Gasteiger partial charge < -0.3 is 15.1 Å². The van der Waals surface area contributed by atoms with Gasteiger partial charge in [0, 0.05) is 22.9 Å². The van der Waals surface area contributed by atoms with E-state index >= 15 is 0 Å². The third kappa shape index (κ3) is 7.76. The Morgan fingerprint density at radius 2 is 1.97 bits per heavy atom. The number of rotatable bonds is 11. The van der Waals surface area contributed by atoms with Crippen LogP contribution in [0, 0.1) is 0 Å². The average Bonchev–Trinajstić information content (AvgIpc) is 2.80. The highest BCUT2D eigenvalue weighted by Gasteiger charge is 2.41. The highest BCUT2D eigenvalue weighted by atomic mass is 35.5. The number of thioether (sulfide) groups is 1. The van der Waals surface area contributed by atoms with Gasteiger partial charge in [0.15, 0.2) is 0 Å². The summed E-state index contributed by atoms with van der Waals surface area (Å²) < 4.78 is 0. The average molecular weight is 492 g/mol. The largest absolute Gasteiger partial charge is 0.355 e. The Morgan fingerprint density at radius 1 is 1.21 bits per heavy atom. The molecule has 2 atom stereocenters. The lowest BCUT2D eigenvalue weighted by molar-refractivity contribution is -0.135. The second-order valence-electron chi connectivity index (χ2n) is 9.05. The van der Waals surface area contributed by atoms with Crippen LogP contribution in [0.25, 0.3) is 6.08 Å². The van der Waals surface area contributed by atoms with Gasteiger partial charge in [-0.3, -0.25) is 9.59 Å². The molecule has 2 amide bonds. The first kappa shape index (κ1) is 26.1. The van der Waals surface area contributed by atoms with Crippen molar-refractivity contribution in [2.24, 2.45) is 0 Å². The van der Waals surface area contributed by atoms with Crippen molar-refractivity contribution in [3.8, 4) is 0 Å². The van der Waals surface area contributed by atoms with E-state index in [4.69, 9.17) is 11.6 Å². The third-order valence-electron chi connectivity index (χ3n) is 6.33. The first-order chi connectivity index (χ1) is 16.0. The van der Waals surface area contributed by atoms with E-state index in [-0.39, 0.29) is 24.4 Å². The van der Waals surface area contributed by atoms with Crippen molar-refractivity contribution in [2.75, 3.05) is 32.7 Å². The first-order valence-electron chi connectivity index (χ1n) is 12.5. The van der Waals surface area contributed by atoms with Crippen LogP contribution in [0.3, 0.4) is 0 Å². The van der Waals surface area contributed by atoms with Gasteiger partial charge in [0.05, 0.1) is 4.91 Å². The maximum Gasteiger partial charge on any atom is 0.261 e. The molecule has 0 bridgehead atoms. The number of halogens is 1. The van der Waals surface area contributed by atoms with Crippen LogP contribution in [-0.4, -0.2) is 65.6 Å². The highest BCUT2D eigenvalue weighted by Crippen LogP contribution is 2.42. The van der Waals surface area contributed by atoms with Crippen LogP contribution in [0.5, 0.6) is 0 Å². The van der Waals surface area contributed by atoms with Gasteiger partial charge in [0.1, 0.15) is 6.54 Å². The fourth-order valence-corrected chi connectivity index (χ4v) is 6.49. The fourth-order valence-electron chi connectivity index (χ4n) is 4.82. The molecule has 2 aliphatic rings. The standard InChI is InChI=1S/C26H38ClN3O2S/c1-3-14-29(15-4-2)16-8-13-28-25(31)19-30-22-11-5-6-12-23(22)33-24(26(30)32)18-20-9-7-10-21(27)17-20/h7,9-10,17-18,22-23H,3-6,8,11-16,19H2,1-2H3,(H,28,31)/b24-18-. The molecule has 0 spiro atoms. The SMILES string of the molecule is CCCN(CCC)CCCNC(=O)CN1C(=O)/C(=C/c2cccc(Cl)c2)SC2CCCCC21. The lowest BCUT2D eigenvalue weighted by atomic mass is 9.93. The number of benzene rings is 1. The third-order valence-corrected chi connectivity index (χ3v) is 7.97. The Labute approximate surface area is 208 Å². The summed E-state index contributed by atoms with van der Waals surface area (Å²) in [7, 11) is 0. The van der Waals surface area contributed by atoms with Gasteiger partial charge in [0.2, 0.25) is 5.91 Å². The lowest BCUT2D eigenvalue weighted by Gasteiger charge is -2.43. The summed E-state index contributed by atoms with van der Waals surface area (Å²) in [5.41, 5.74) is 0.917. The Kier molecular flexibility index (Phi) is 10.6. The number of hydrogen-bond acceptors (Lipinski definition) is 4. The molecule has 1 N–H and O–H groups in total. The summed E-state index contributed by atoms with van der Waals surface area (Å²) in [4.78, 5) is 31.2. The Morgan fingerprint density at radius 3 is 2.70 bits per heavy atom. The zero-order valence-corrected chi connectivity index (χ0v) is 21.6. The van der Waals surface area contributed by atoms with Gasteiger partial charge in [0.25, 0.3) is 5.91 Å². The Balaban J connectivity index is 1.60. The van der Waals surface area contributed by atoms with Gasteiger partial charge >= 0.3 is 0 Å². The highest BCUT2D eigenvalue weighted by molar-refractivity contribution is 8.04. The van der Waals surface area contributed by atoms with Crippen molar-refractivity contribution >= 4 is 41.3 Å². The summed E-state index contributed by atoms with van der Waals surface area (Å²) in [6.07, 6.45) is 9.50. The van der Waals surface area contributed by atoms with E-state index in [1.807, 2.05) is 35.2 Å². The topological polar surface area (TPSA) is 52.7 Å². The van der Waals surface area contributed by atoms with Crippen molar-refractivity contribution in [3.05, 3.63) is 39.8 Å². The van der Waals surface area contributed by atoms with Gasteiger partial charge in [-0.2, -0.15) is 0 Å². The van der Waals surface area contributed by atoms with Crippen LogP contribution in [0.15, 0.2) is 29.2 Å². The molecule has 1 heterocycles. The van der Waals surface area contributed by atoms with E-state index in [1.165, 1.54) is 6.42 Å². The molecule has 5 nitrogen and oxygen atoms in total. The van der Waals surface area contributed by atoms with Gasteiger partial charge in [-0.05, 0) is 75.5 Å². The molecule has 1 aliphatic carbocycles. The molecule has 3 rings (SSSR count). The molecule has 1 saturated carbocycles. The van der Waals surface area contributed by atoms with Crippen LogP contribution >= 0.6 is 23.4 Å². The van der Waals surface area contributed by atoms with E-state index in [2.05, 4.69) is 24.1 Å². The molecule has 1 aromatic rings. The minimum absolute atomic E-state index is 0.0321. The number of amides is 2. The summed E-state index contributed by atoms with van der Waals surface area (Å²) >= 11 is 7.81. The number of carbonyl (C=O) groups is 2. The van der Waals surface area contributed by atoms with Gasteiger partial charge in [-0.1, -0.05) is 50.4 Å². The minimum atomic E-state index is -0.0563. The van der Waals surface area contributed by atoms with Crippen molar-refractivity contribution in [2.45, 2.75) is 70.1 Å². The minimum Gasteiger partial charge on any atom is -0.355 e. The molecule has 7 heteroatoms. The zero-order chi connectivity index (χ0) is 23.6. The normalized spacial score (nSPS) is 22.0. The monoisotopic (exact) mass is 491 g/mol. The fraction of sp³-hybridized carbons (Fsp3) is 0.615. The van der Waals surface area contributed by atoms with Crippen molar-refractivity contribution in [1.82, 2.24) is 15.1 Å². The first-order valence-corrected chi connectivity index (χ1v) is 13.7. The number of fused-ring (bicyclic) bond motifs is 1. The molecule has 33 heavy (non-hydrogen) atoms. The van der Waals surface area contributed by atoms with Crippen molar-refractivity contribution in [1.29, 1.82) is 0 Å². The van der Waals surface area contributed by atoms with E-state index in [0.717, 1.165) is 63.7 Å². The molecular weight excluding hydrogens is 454 g/mol. The molecule has 1 saturated heterocycles. The van der Waals surface area contributed by atoms with E-state index in [1.54, 1.807) is 11.8 Å². The van der Waals surface area contributed by atoms with Crippen LogP contribution in [0.2, 0.25) is 5.02 Å². The van der Waals surface area contributed by atoms with E-state index in [0.29, 0.717) is 21.7 Å².